The van der Waals surface area contributed by atoms with E-state index in [2.05, 4.69) is 32.3 Å². The second-order valence-electron chi connectivity index (χ2n) is 7.01. The Morgan fingerprint density at radius 3 is 2.62 bits per heavy atom. The number of benzene rings is 1. The van der Waals surface area contributed by atoms with Crippen LogP contribution in [-0.4, -0.2) is 57.8 Å². The number of guanidine groups is 1. The Morgan fingerprint density at radius 1 is 1.28 bits per heavy atom. The summed E-state index contributed by atoms with van der Waals surface area (Å²) in [5.41, 5.74) is 0.548. The summed E-state index contributed by atoms with van der Waals surface area (Å²) in [7, 11) is 3.69. The van der Waals surface area contributed by atoms with Gasteiger partial charge in [-0.25, -0.2) is 4.99 Å². The first-order valence-corrected chi connectivity index (χ1v) is 9.84. The number of hydrogen-bond donors (Lipinski definition) is 2. The Morgan fingerprint density at radius 2 is 2.00 bits per heavy atom. The van der Waals surface area contributed by atoms with Crippen molar-refractivity contribution in [1.29, 1.82) is 0 Å². The molecule has 1 heterocycles. The largest absolute Gasteiger partial charge is 0.497 e. The molecule has 0 aromatic heterocycles. The van der Waals surface area contributed by atoms with Crippen LogP contribution in [0.1, 0.15) is 31.7 Å². The van der Waals surface area contributed by atoms with Gasteiger partial charge in [0.2, 0.25) is 0 Å². The number of piperidine rings is 1. The first kappa shape index (κ1) is 25.7. The van der Waals surface area contributed by atoms with Crippen LogP contribution in [-0.2, 0) is 6.54 Å². The van der Waals surface area contributed by atoms with Gasteiger partial charge in [0, 0.05) is 18.7 Å². The first-order chi connectivity index (χ1) is 13.5. The third kappa shape index (κ3) is 9.33. The fourth-order valence-corrected chi connectivity index (χ4v) is 3.27. The molecule has 0 radical (unpaired) electrons. The molecule has 6 nitrogen and oxygen atoms in total. The fourth-order valence-electron chi connectivity index (χ4n) is 3.27. The summed E-state index contributed by atoms with van der Waals surface area (Å²) in [4.78, 5) is 6.89. The van der Waals surface area contributed by atoms with E-state index >= 15 is 0 Å². The third-order valence-electron chi connectivity index (χ3n) is 4.92. The fraction of sp³-hybridized carbons (Fsp3) is 0.650. The van der Waals surface area contributed by atoms with Crippen molar-refractivity contribution in [2.75, 3.05) is 40.3 Å². The monoisotopic (exact) mass is 526 g/mol. The van der Waals surface area contributed by atoms with Crippen molar-refractivity contribution in [2.24, 2.45) is 10.9 Å². The van der Waals surface area contributed by atoms with Crippen molar-refractivity contribution in [3.05, 3.63) is 23.8 Å². The average molecular weight is 526 g/mol. The average Bonchev–Trinajstić information content (AvgIpc) is 2.68. The predicted octanol–water partition coefficient (Wildman–Crippen LogP) is 3.70. The maximum absolute atomic E-state index is 12.7. The van der Waals surface area contributed by atoms with Gasteiger partial charge in [-0.1, -0.05) is 0 Å². The van der Waals surface area contributed by atoms with Crippen LogP contribution < -0.4 is 20.1 Å². The molecule has 166 valence electrons. The molecule has 1 fully saturated rings. The molecule has 1 aliphatic heterocycles. The molecule has 0 unspecified atom stereocenters. The topological polar surface area (TPSA) is 58.1 Å². The van der Waals surface area contributed by atoms with Crippen LogP contribution in [0.25, 0.3) is 0 Å². The maximum atomic E-state index is 12.7. The number of aliphatic imine (C=N–C) groups is 1. The maximum Gasteiger partial charge on any atom is 0.387 e. The summed E-state index contributed by atoms with van der Waals surface area (Å²) in [6.07, 6.45) is 3.55. The number of ether oxygens (including phenoxy) is 2. The van der Waals surface area contributed by atoms with Crippen LogP contribution in [0.2, 0.25) is 0 Å². The van der Waals surface area contributed by atoms with Gasteiger partial charge in [0.25, 0.3) is 0 Å². The number of nitrogens with one attached hydrogen (secondary N) is 2. The molecule has 0 bridgehead atoms. The molecule has 2 N–H and O–H groups in total. The lowest BCUT2D eigenvalue weighted by atomic mass is 9.94. The highest BCUT2D eigenvalue weighted by molar-refractivity contribution is 14.0. The number of methoxy groups -OCH3 is 1. The van der Waals surface area contributed by atoms with Crippen molar-refractivity contribution in [1.82, 2.24) is 15.5 Å². The van der Waals surface area contributed by atoms with E-state index < -0.39 is 6.61 Å². The van der Waals surface area contributed by atoms with E-state index in [1.165, 1.54) is 26.0 Å². The van der Waals surface area contributed by atoms with Gasteiger partial charge in [0.1, 0.15) is 11.5 Å². The second kappa shape index (κ2) is 13.8. The Labute approximate surface area is 189 Å². The summed E-state index contributed by atoms with van der Waals surface area (Å²) < 4.78 is 35.1. The van der Waals surface area contributed by atoms with E-state index in [-0.39, 0.29) is 36.3 Å². The lowest BCUT2D eigenvalue weighted by Gasteiger charge is -2.29. The van der Waals surface area contributed by atoms with Crippen molar-refractivity contribution in [2.45, 2.75) is 39.3 Å². The van der Waals surface area contributed by atoms with Crippen molar-refractivity contribution < 1.29 is 18.3 Å². The first-order valence-electron chi connectivity index (χ1n) is 9.84. The van der Waals surface area contributed by atoms with Gasteiger partial charge in [-0.3, -0.25) is 0 Å². The van der Waals surface area contributed by atoms with E-state index in [9.17, 15) is 8.78 Å². The zero-order valence-corrected chi connectivity index (χ0v) is 19.7. The van der Waals surface area contributed by atoms with Gasteiger partial charge in [0.05, 0.1) is 13.7 Å². The number of halogens is 3. The molecule has 1 aromatic carbocycles. The van der Waals surface area contributed by atoms with Crippen molar-refractivity contribution in [3.63, 3.8) is 0 Å². The molecule has 1 aromatic rings. The molecule has 0 atom stereocenters. The number of nitrogens with zero attached hydrogens (tertiary/aromatic N) is 2. The van der Waals surface area contributed by atoms with Crippen LogP contribution in [0.15, 0.2) is 23.2 Å². The minimum Gasteiger partial charge on any atom is -0.497 e. The van der Waals surface area contributed by atoms with E-state index in [1.54, 1.807) is 12.1 Å². The lowest BCUT2D eigenvalue weighted by Crippen LogP contribution is -2.39. The molecular weight excluding hydrogens is 493 g/mol. The molecule has 2 rings (SSSR count). The SMILES string of the molecule is CCNC(=NCc1cc(OC)ccc1OC(F)F)NCCC1CCN(C)CC1.I. The predicted molar refractivity (Wildman–Crippen MR) is 123 cm³/mol. The summed E-state index contributed by atoms with van der Waals surface area (Å²) >= 11 is 0. The Hall–Kier alpha value is -1.36. The highest BCUT2D eigenvalue weighted by Gasteiger charge is 2.16. The van der Waals surface area contributed by atoms with E-state index in [0.717, 1.165) is 38.5 Å². The molecule has 29 heavy (non-hydrogen) atoms. The zero-order valence-electron chi connectivity index (χ0n) is 17.4. The second-order valence-corrected chi connectivity index (χ2v) is 7.01. The summed E-state index contributed by atoms with van der Waals surface area (Å²) in [6, 6.07) is 4.75. The van der Waals surface area contributed by atoms with E-state index in [4.69, 9.17) is 4.74 Å². The molecule has 9 heteroatoms. The lowest BCUT2D eigenvalue weighted by molar-refractivity contribution is -0.0504. The molecule has 0 spiro atoms. The number of rotatable bonds is 9. The molecule has 0 amide bonds. The highest BCUT2D eigenvalue weighted by Crippen LogP contribution is 2.26. The zero-order chi connectivity index (χ0) is 20.4. The Balaban J connectivity index is 0.00000420. The summed E-state index contributed by atoms with van der Waals surface area (Å²) in [6.45, 7) is 3.19. The molecular formula is C20H33F2IN4O2. The van der Waals surface area contributed by atoms with Gasteiger partial charge < -0.3 is 25.0 Å². The van der Waals surface area contributed by atoms with Gasteiger partial charge in [-0.05, 0) is 70.4 Å². The molecule has 1 saturated heterocycles. The standard InChI is InChI=1S/C20H32F2N4O2.HI/c1-4-23-20(24-10-7-15-8-11-26(2)12-9-15)25-14-16-13-17(27-3)5-6-18(16)28-19(21)22;/h5-6,13,15,19H,4,7-12,14H2,1-3H3,(H2,23,24,25);1H. The normalized spacial score (nSPS) is 15.7. The molecule has 0 aliphatic carbocycles. The van der Waals surface area contributed by atoms with Gasteiger partial charge in [-0.2, -0.15) is 8.78 Å². The number of likely N-dealkylation sites (tertiary alicyclic amines) is 1. The van der Waals surface area contributed by atoms with Gasteiger partial charge in [-0.15, -0.1) is 24.0 Å². The van der Waals surface area contributed by atoms with E-state index in [1.807, 2.05) is 6.92 Å². The van der Waals surface area contributed by atoms with Crippen LogP contribution in [0.3, 0.4) is 0 Å². The number of alkyl halides is 2. The summed E-state index contributed by atoms with van der Waals surface area (Å²) in [5, 5.41) is 6.54. The highest BCUT2D eigenvalue weighted by atomic mass is 127. The minimum atomic E-state index is -2.88. The quantitative estimate of drug-likeness (QED) is 0.292. The smallest absolute Gasteiger partial charge is 0.387 e. The van der Waals surface area contributed by atoms with Gasteiger partial charge in [0.15, 0.2) is 5.96 Å². The van der Waals surface area contributed by atoms with E-state index in [0.29, 0.717) is 17.3 Å². The van der Waals surface area contributed by atoms with Crippen LogP contribution >= 0.6 is 24.0 Å². The van der Waals surface area contributed by atoms with Crippen LogP contribution in [0, 0.1) is 5.92 Å². The third-order valence-corrected chi connectivity index (χ3v) is 4.92. The molecule has 1 aliphatic rings. The molecule has 0 saturated carbocycles. The summed E-state index contributed by atoms with van der Waals surface area (Å²) in [5.74, 6) is 2.09. The Kier molecular flexibility index (Phi) is 12.2. The van der Waals surface area contributed by atoms with Crippen molar-refractivity contribution in [3.8, 4) is 11.5 Å². The van der Waals surface area contributed by atoms with Crippen LogP contribution in [0.4, 0.5) is 8.78 Å². The van der Waals surface area contributed by atoms with Gasteiger partial charge >= 0.3 is 6.61 Å². The van der Waals surface area contributed by atoms with Crippen molar-refractivity contribution >= 4 is 29.9 Å². The Bertz CT molecular complexity index is 626. The number of hydrogen-bond acceptors (Lipinski definition) is 4. The minimum absolute atomic E-state index is 0. The van der Waals surface area contributed by atoms with Crippen LogP contribution in [0.5, 0.6) is 11.5 Å².